The van der Waals surface area contributed by atoms with Gasteiger partial charge in [-0.2, -0.15) is 0 Å². The number of nitrogens with one attached hydrogen (secondary N) is 1. The number of benzene rings is 1. The van der Waals surface area contributed by atoms with Gasteiger partial charge in [0.15, 0.2) is 0 Å². The molecule has 0 radical (unpaired) electrons. The number of rotatable bonds is 3. The van der Waals surface area contributed by atoms with Crippen LogP contribution in [0.15, 0.2) is 16.6 Å². The van der Waals surface area contributed by atoms with Crippen LogP contribution in [0.2, 0.25) is 5.02 Å². The second kappa shape index (κ2) is 5.47. The molecule has 0 aliphatic heterocycles. The van der Waals surface area contributed by atoms with E-state index in [1.54, 1.807) is 6.07 Å². The van der Waals surface area contributed by atoms with E-state index < -0.39 is 5.82 Å². The van der Waals surface area contributed by atoms with Crippen molar-refractivity contribution in [2.45, 2.75) is 44.2 Å². The summed E-state index contributed by atoms with van der Waals surface area (Å²) in [5, 5.41) is 3.51. The van der Waals surface area contributed by atoms with E-state index in [-0.39, 0.29) is 16.5 Å². The maximum Gasteiger partial charge on any atom is 0.145 e. The summed E-state index contributed by atoms with van der Waals surface area (Å²) in [5.74, 6) is 0.118. The van der Waals surface area contributed by atoms with Crippen molar-refractivity contribution < 1.29 is 9.13 Å². The molecule has 0 saturated heterocycles. The molecule has 1 aromatic carbocycles. The first-order valence-electron chi connectivity index (χ1n) is 7.05. The SMILES string of the molecule is CNC1CC(Oc2cc(F)c(Cl)cc2Br)C12CCCC2. The van der Waals surface area contributed by atoms with E-state index in [4.69, 9.17) is 16.3 Å². The Labute approximate surface area is 132 Å². The molecule has 2 nitrogen and oxygen atoms in total. The molecule has 5 heteroatoms. The summed E-state index contributed by atoms with van der Waals surface area (Å²) < 4.78 is 20.4. The van der Waals surface area contributed by atoms with Gasteiger partial charge in [0, 0.05) is 23.9 Å². The van der Waals surface area contributed by atoms with Crippen LogP contribution in [0.3, 0.4) is 0 Å². The summed E-state index contributed by atoms with van der Waals surface area (Å²) in [6.45, 7) is 0. The first-order valence-corrected chi connectivity index (χ1v) is 8.22. The zero-order chi connectivity index (χ0) is 14.3. The molecule has 20 heavy (non-hydrogen) atoms. The average Bonchev–Trinajstić information content (AvgIpc) is 2.92. The van der Waals surface area contributed by atoms with Crippen LogP contribution in [0.1, 0.15) is 32.1 Å². The van der Waals surface area contributed by atoms with Gasteiger partial charge < -0.3 is 10.1 Å². The maximum absolute atomic E-state index is 13.6. The van der Waals surface area contributed by atoms with Gasteiger partial charge in [0.05, 0.1) is 9.50 Å². The predicted molar refractivity (Wildman–Crippen MR) is 81.9 cm³/mol. The predicted octanol–water partition coefficient (Wildman–Crippen LogP) is 4.54. The summed E-state index contributed by atoms with van der Waals surface area (Å²) in [6.07, 6.45) is 6.04. The number of hydrogen-bond acceptors (Lipinski definition) is 2. The lowest BCUT2D eigenvalue weighted by molar-refractivity contribution is -0.0740. The van der Waals surface area contributed by atoms with Crippen molar-refractivity contribution in [1.29, 1.82) is 0 Å². The summed E-state index contributed by atoms with van der Waals surface area (Å²) in [7, 11) is 2.01. The number of hydrogen-bond donors (Lipinski definition) is 1. The Morgan fingerprint density at radius 2 is 2.10 bits per heavy atom. The lowest BCUT2D eigenvalue weighted by Gasteiger charge is -2.53. The first-order chi connectivity index (χ1) is 9.56. The zero-order valence-electron chi connectivity index (χ0n) is 11.4. The molecule has 0 amide bonds. The molecular weight excluding hydrogens is 345 g/mol. The van der Waals surface area contributed by atoms with E-state index in [1.807, 2.05) is 7.05 Å². The molecule has 2 saturated carbocycles. The fraction of sp³-hybridized carbons (Fsp3) is 0.600. The molecule has 0 aromatic heterocycles. The van der Waals surface area contributed by atoms with Crippen molar-refractivity contribution in [3.8, 4) is 5.75 Å². The van der Waals surface area contributed by atoms with Gasteiger partial charge in [-0.25, -0.2) is 4.39 Å². The molecule has 2 unspecified atom stereocenters. The minimum absolute atomic E-state index is 0.113. The van der Waals surface area contributed by atoms with E-state index >= 15 is 0 Å². The highest BCUT2D eigenvalue weighted by molar-refractivity contribution is 9.10. The van der Waals surface area contributed by atoms with Gasteiger partial charge >= 0.3 is 0 Å². The molecule has 1 N–H and O–H groups in total. The molecule has 3 rings (SSSR count). The maximum atomic E-state index is 13.6. The fourth-order valence-electron chi connectivity index (χ4n) is 3.77. The highest BCUT2D eigenvalue weighted by Crippen LogP contribution is 2.55. The van der Waals surface area contributed by atoms with Crippen molar-refractivity contribution in [3.05, 3.63) is 27.4 Å². The first kappa shape index (κ1) is 14.6. The number of ether oxygens (including phenoxy) is 1. The van der Waals surface area contributed by atoms with E-state index in [0.29, 0.717) is 16.3 Å². The van der Waals surface area contributed by atoms with Crippen LogP contribution < -0.4 is 10.1 Å². The van der Waals surface area contributed by atoms with E-state index in [9.17, 15) is 4.39 Å². The Morgan fingerprint density at radius 1 is 1.40 bits per heavy atom. The molecule has 1 aromatic rings. The van der Waals surface area contributed by atoms with Crippen molar-refractivity contribution >= 4 is 27.5 Å². The van der Waals surface area contributed by atoms with Gasteiger partial charge in [0.25, 0.3) is 0 Å². The van der Waals surface area contributed by atoms with Crippen LogP contribution in [-0.2, 0) is 0 Å². The minimum Gasteiger partial charge on any atom is -0.488 e. The summed E-state index contributed by atoms with van der Waals surface area (Å²) >= 11 is 9.17. The van der Waals surface area contributed by atoms with Gasteiger partial charge in [0.1, 0.15) is 17.7 Å². The van der Waals surface area contributed by atoms with Crippen LogP contribution in [-0.4, -0.2) is 19.2 Å². The Kier molecular flexibility index (Phi) is 3.99. The normalized spacial score (nSPS) is 27.6. The van der Waals surface area contributed by atoms with Crippen LogP contribution in [0, 0.1) is 11.2 Å². The molecule has 1 spiro atoms. The second-order valence-electron chi connectivity index (χ2n) is 5.82. The van der Waals surface area contributed by atoms with Crippen molar-refractivity contribution in [2.75, 3.05) is 7.05 Å². The largest absolute Gasteiger partial charge is 0.488 e. The van der Waals surface area contributed by atoms with Gasteiger partial charge in [-0.3, -0.25) is 0 Å². The van der Waals surface area contributed by atoms with Crippen molar-refractivity contribution in [2.24, 2.45) is 5.41 Å². The Balaban J connectivity index is 1.80. The monoisotopic (exact) mass is 361 g/mol. The average molecular weight is 363 g/mol. The fourth-order valence-corrected chi connectivity index (χ4v) is 4.50. The highest BCUT2D eigenvalue weighted by atomic mass is 79.9. The standard InChI is InChI=1S/C15H18BrClFNO/c1-19-13-8-14(15(13)4-2-3-5-15)20-12-7-11(18)10(17)6-9(12)16/h6-7,13-14,19H,2-5,8H2,1H3. The Bertz CT molecular complexity index is 519. The molecule has 110 valence electrons. The van der Waals surface area contributed by atoms with Gasteiger partial charge in [-0.15, -0.1) is 0 Å². The Hall–Kier alpha value is -0.320. The van der Waals surface area contributed by atoms with Gasteiger partial charge in [-0.1, -0.05) is 24.4 Å². The quantitative estimate of drug-likeness (QED) is 0.797. The van der Waals surface area contributed by atoms with Crippen molar-refractivity contribution in [3.63, 3.8) is 0 Å². The van der Waals surface area contributed by atoms with Crippen LogP contribution in [0.5, 0.6) is 5.75 Å². The zero-order valence-corrected chi connectivity index (χ0v) is 13.7. The molecular formula is C15H18BrClFNO. The van der Waals surface area contributed by atoms with Crippen LogP contribution >= 0.6 is 27.5 Å². The minimum atomic E-state index is -0.435. The van der Waals surface area contributed by atoms with E-state index in [0.717, 1.165) is 6.42 Å². The lowest BCUT2D eigenvalue weighted by Crippen LogP contribution is -2.63. The summed E-state index contributed by atoms with van der Waals surface area (Å²) in [4.78, 5) is 0. The lowest BCUT2D eigenvalue weighted by atomic mass is 9.60. The summed E-state index contributed by atoms with van der Waals surface area (Å²) in [6, 6.07) is 3.45. The summed E-state index contributed by atoms with van der Waals surface area (Å²) in [5.41, 5.74) is 0.226. The third-order valence-electron chi connectivity index (χ3n) is 4.91. The smallest absolute Gasteiger partial charge is 0.145 e. The molecule has 2 fully saturated rings. The highest BCUT2D eigenvalue weighted by Gasteiger charge is 2.57. The number of halogens is 3. The second-order valence-corrected chi connectivity index (χ2v) is 7.08. The van der Waals surface area contributed by atoms with Gasteiger partial charge in [-0.05, 0) is 41.9 Å². The van der Waals surface area contributed by atoms with Crippen LogP contribution in [0.4, 0.5) is 4.39 Å². The molecule has 2 aliphatic carbocycles. The molecule has 2 atom stereocenters. The molecule has 2 aliphatic rings. The Morgan fingerprint density at radius 3 is 2.75 bits per heavy atom. The third kappa shape index (κ3) is 2.26. The molecule has 0 bridgehead atoms. The van der Waals surface area contributed by atoms with Crippen molar-refractivity contribution in [1.82, 2.24) is 5.32 Å². The van der Waals surface area contributed by atoms with E-state index in [1.165, 1.54) is 31.7 Å². The van der Waals surface area contributed by atoms with Gasteiger partial charge in [0.2, 0.25) is 0 Å². The van der Waals surface area contributed by atoms with E-state index in [2.05, 4.69) is 21.2 Å². The molecule has 0 heterocycles. The third-order valence-corrected chi connectivity index (χ3v) is 5.82. The topological polar surface area (TPSA) is 21.3 Å². The van der Waals surface area contributed by atoms with Crippen LogP contribution in [0.25, 0.3) is 0 Å².